The van der Waals surface area contributed by atoms with Crippen molar-refractivity contribution in [3.8, 4) is 0 Å². The van der Waals surface area contributed by atoms with Gasteiger partial charge in [0.05, 0.1) is 13.2 Å². The normalized spacial score (nSPS) is 52.0. The molecule has 0 radical (unpaired) electrons. The molecule has 7 unspecified atom stereocenters. The van der Waals surface area contributed by atoms with E-state index in [1.54, 1.807) is 0 Å². The Morgan fingerprint density at radius 3 is 2.37 bits per heavy atom. The predicted molar refractivity (Wildman–Crippen MR) is 105 cm³/mol. The molecule has 152 valence electrons. The lowest BCUT2D eigenvalue weighted by Gasteiger charge is -2.62. The van der Waals surface area contributed by atoms with Crippen LogP contribution >= 0.6 is 0 Å². The summed E-state index contributed by atoms with van der Waals surface area (Å²) in [5, 5.41) is 0. The summed E-state index contributed by atoms with van der Waals surface area (Å²) in [6, 6.07) is 0. The minimum absolute atomic E-state index is 0.231. The number of fused-ring (bicyclic) bond motifs is 5. The number of ether oxygens (including phenoxy) is 2. The van der Waals surface area contributed by atoms with Crippen LogP contribution in [0.5, 0.6) is 0 Å². The molecule has 0 aromatic rings. The topological polar surface area (TPSA) is 35.5 Å². The van der Waals surface area contributed by atoms with Crippen LogP contribution in [0.2, 0.25) is 0 Å². The lowest BCUT2D eigenvalue weighted by molar-refractivity contribution is -0.229. The molecule has 4 aliphatic carbocycles. The average Bonchev–Trinajstić information content (AvgIpc) is 3.26. The van der Waals surface area contributed by atoms with Crippen LogP contribution in [0.25, 0.3) is 0 Å². The molecule has 5 rings (SSSR count). The summed E-state index contributed by atoms with van der Waals surface area (Å²) in [5.41, 5.74) is 0.872. The number of aldehydes is 1. The average molecular weight is 375 g/mol. The maximum atomic E-state index is 11.5. The van der Waals surface area contributed by atoms with Gasteiger partial charge >= 0.3 is 0 Å². The summed E-state index contributed by atoms with van der Waals surface area (Å²) in [6.45, 7) is 8.88. The molecule has 3 heteroatoms. The van der Waals surface area contributed by atoms with Crippen LogP contribution in [0.3, 0.4) is 0 Å². The monoisotopic (exact) mass is 374 g/mol. The smallest absolute Gasteiger partial charge is 0.168 e. The fourth-order valence-electron chi connectivity index (χ4n) is 8.96. The highest BCUT2D eigenvalue weighted by atomic mass is 16.7. The standard InChI is InChI=1S/C24H38O3/c1-16(15-25)19-6-7-20-18-5-4-17-14-24(26-12-13-27-24)11-10-22(17,2)21(18)8-9-23(19,20)3/h15-21H,4-14H2,1-3H3/t16-,17?,18?,19?,20?,21?,22?,23?/m1/s1. The second kappa shape index (κ2) is 6.29. The van der Waals surface area contributed by atoms with Crippen LogP contribution in [-0.4, -0.2) is 25.3 Å². The summed E-state index contributed by atoms with van der Waals surface area (Å²) >= 11 is 0. The van der Waals surface area contributed by atoms with E-state index >= 15 is 0 Å². The SMILES string of the molecule is C[C@H](C=O)C1CCC2C3CCC4CC5(CCC4(C)C3CCC21C)OCCO5. The van der Waals surface area contributed by atoms with Crippen LogP contribution in [-0.2, 0) is 14.3 Å². The molecular formula is C24H38O3. The third-order valence-corrected chi connectivity index (χ3v) is 10.4. The van der Waals surface area contributed by atoms with Gasteiger partial charge in [-0.25, -0.2) is 0 Å². The minimum atomic E-state index is -0.238. The van der Waals surface area contributed by atoms with Gasteiger partial charge in [-0.1, -0.05) is 20.8 Å². The van der Waals surface area contributed by atoms with Crippen molar-refractivity contribution in [1.82, 2.24) is 0 Å². The van der Waals surface area contributed by atoms with E-state index in [1.165, 1.54) is 51.2 Å². The van der Waals surface area contributed by atoms with Gasteiger partial charge in [0.2, 0.25) is 0 Å². The Hall–Kier alpha value is -0.410. The largest absolute Gasteiger partial charge is 0.348 e. The number of hydrogen-bond donors (Lipinski definition) is 0. The van der Waals surface area contributed by atoms with Gasteiger partial charge in [0.25, 0.3) is 0 Å². The first kappa shape index (κ1) is 18.6. The Morgan fingerprint density at radius 2 is 1.63 bits per heavy atom. The van der Waals surface area contributed by atoms with E-state index in [-0.39, 0.29) is 11.7 Å². The summed E-state index contributed by atoms with van der Waals surface area (Å²) < 4.78 is 12.2. The predicted octanol–water partition coefficient (Wildman–Crippen LogP) is 5.22. The first-order valence-corrected chi connectivity index (χ1v) is 11.7. The van der Waals surface area contributed by atoms with Gasteiger partial charge in [0.1, 0.15) is 6.29 Å². The highest BCUT2D eigenvalue weighted by Gasteiger charge is 2.62. The molecule has 1 heterocycles. The summed E-state index contributed by atoms with van der Waals surface area (Å²) in [4.78, 5) is 11.5. The van der Waals surface area contributed by atoms with E-state index in [0.717, 1.165) is 49.7 Å². The van der Waals surface area contributed by atoms with Crippen LogP contribution < -0.4 is 0 Å². The number of hydrogen-bond acceptors (Lipinski definition) is 3. The minimum Gasteiger partial charge on any atom is -0.348 e. The van der Waals surface area contributed by atoms with Crippen molar-refractivity contribution >= 4 is 6.29 Å². The Labute approximate surface area is 164 Å². The van der Waals surface area contributed by atoms with E-state index in [4.69, 9.17) is 9.47 Å². The molecule has 5 aliphatic rings. The van der Waals surface area contributed by atoms with Gasteiger partial charge in [-0.05, 0) is 85.4 Å². The fourth-order valence-corrected chi connectivity index (χ4v) is 8.96. The Balaban J connectivity index is 1.38. The first-order chi connectivity index (χ1) is 12.9. The summed E-state index contributed by atoms with van der Waals surface area (Å²) in [7, 11) is 0. The third-order valence-electron chi connectivity index (χ3n) is 10.4. The van der Waals surface area contributed by atoms with Gasteiger partial charge in [-0.3, -0.25) is 0 Å². The number of rotatable bonds is 2. The van der Waals surface area contributed by atoms with Crippen molar-refractivity contribution < 1.29 is 14.3 Å². The molecule has 0 amide bonds. The molecule has 0 aromatic carbocycles. The Bertz CT molecular complexity index is 596. The molecule has 8 atom stereocenters. The molecule has 0 N–H and O–H groups in total. The van der Waals surface area contributed by atoms with E-state index in [2.05, 4.69) is 20.8 Å². The second-order valence-electron chi connectivity index (χ2n) is 11.2. The van der Waals surface area contributed by atoms with Crippen LogP contribution in [0.15, 0.2) is 0 Å². The molecule has 0 bridgehead atoms. The molecule has 5 fully saturated rings. The summed E-state index contributed by atoms with van der Waals surface area (Å²) in [5.74, 6) is 3.97. The van der Waals surface area contributed by atoms with Crippen LogP contribution in [0, 0.1) is 46.3 Å². The fraction of sp³-hybridized carbons (Fsp3) is 0.958. The van der Waals surface area contributed by atoms with Crippen molar-refractivity contribution in [1.29, 1.82) is 0 Å². The zero-order valence-corrected chi connectivity index (χ0v) is 17.5. The summed E-state index contributed by atoms with van der Waals surface area (Å²) in [6.07, 6.45) is 12.8. The maximum Gasteiger partial charge on any atom is 0.168 e. The molecular weight excluding hydrogens is 336 g/mol. The molecule has 1 spiro atoms. The zero-order chi connectivity index (χ0) is 18.9. The molecule has 1 aliphatic heterocycles. The quantitative estimate of drug-likeness (QED) is 0.621. The molecule has 4 saturated carbocycles. The first-order valence-electron chi connectivity index (χ1n) is 11.7. The van der Waals surface area contributed by atoms with Gasteiger partial charge in [-0.2, -0.15) is 0 Å². The van der Waals surface area contributed by atoms with Gasteiger partial charge in [-0.15, -0.1) is 0 Å². The lowest BCUT2D eigenvalue weighted by atomic mass is 9.44. The van der Waals surface area contributed by atoms with Crippen molar-refractivity contribution in [2.75, 3.05) is 13.2 Å². The van der Waals surface area contributed by atoms with E-state index < -0.39 is 0 Å². The lowest BCUT2D eigenvalue weighted by Crippen LogP contribution is -2.56. The Morgan fingerprint density at radius 1 is 0.889 bits per heavy atom. The van der Waals surface area contributed by atoms with Crippen molar-refractivity contribution in [2.24, 2.45) is 46.3 Å². The van der Waals surface area contributed by atoms with Gasteiger partial charge in [0.15, 0.2) is 5.79 Å². The van der Waals surface area contributed by atoms with Crippen molar-refractivity contribution in [2.45, 2.75) is 84.3 Å². The second-order valence-corrected chi connectivity index (χ2v) is 11.2. The van der Waals surface area contributed by atoms with Crippen LogP contribution in [0.4, 0.5) is 0 Å². The molecule has 3 nitrogen and oxygen atoms in total. The molecule has 0 aromatic heterocycles. The highest BCUT2D eigenvalue weighted by Crippen LogP contribution is 2.69. The third kappa shape index (κ3) is 2.56. The van der Waals surface area contributed by atoms with Gasteiger partial charge < -0.3 is 14.3 Å². The van der Waals surface area contributed by atoms with E-state index in [9.17, 15) is 4.79 Å². The van der Waals surface area contributed by atoms with Gasteiger partial charge in [0, 0.05) is 18.8 Å². The number of carbonyl (C=O) groups is 1. The molecule has 27 heavy (non-hydrogen) atoms. The highest BCUT2D eigenvalue weighted by molar-refractivity contribution is 5.53. The zero-order valence-electron chi connectivity index (χ0n) is 17.5. The van der Waals surface area contributed by atoms with E-state index in [0.29, 0.717) is 16.7 Å². The number of carbonyl (C=O) groups excluding carboxylic acids is 1. The molecule has 1 saturated heterocycles. The Kier molecular flexibility index (Phi) is 4.34. The maximum absolute atomic E-state index is 11.5. The van der Waals surface area contributed by atoms with Crippen molar-refractivity contribution in [3.63, 3.8) is 0 Å². The van der Waals surface area contributed by atoms with Crippen molar-refractivity contribution in [3.05, 3.63) is 0 Å². The van der Waals surface area contributed by atoms with E-state index in [1.807, 2.05) is 0 Å². The van der Waals surface area contributed by atoms with Crippen LogP contribution in [0.1, 0.15) is 78.6 Å².